The van der Waals surface area contributed by atoms with Gasteiger partial charge in [0, 0.05) is 16.4 Å². The molecular weight excluding hydrogens is 328 g/mol. The van der Waals surface area contributed by atoms with E-state index in [4.69, 9.17) is 0 Å². The summed E-state index contributed by atoms with van der Waals surface area (Å²) >= 11 is 3.39. The van der Waals surface area contributed by atoms with Crippen LogP contribution in [-0.4, -0.2) is 19.7 Å². The lowest BCUT2D eigenvalue weighted by Crippen LogP contribution is -1.98. The van der Waals surface area contributed by atoms with Gasteiger partial charge in [-0.25, -0.2) is 13.4 Å². The van der Waals surface area contributed by atoms with Gasteiger partial charge in [0.2, 0.25) is 0 Å². The number of nitrogens with one attached hydrogen (secondary N) is 1. The Morgan fingerprint density at radius 3 is 2.26 bits per heavy atom. The number of nitrogens with zero attached hydrogens (tertiary/aromatic N) is 1. The zero-order chi connectivity index (χ0) is 14.0. The van der Waals surface area contributed by atoms with Gasteiger partial charge in [0.25, 0.3) is 0 Å². The molecule has 1 aromatic heterocycles. The van der Waals surface area contributed by atoms with E-state index < -0.39 is 9.84 Å². The Labute approximate surface area is 120 Å². The van der Waals surface area contributed by atoms with Crippen molar-refractivity contribution < 1.29 is 8.42 Å². The fourth-order valence-electron chi connectivity index (χ4n) is 1.55. The summed E-state index contributed by atoms with van der Waals surface area (Å²) < 4.78 is 23.6. The Bertz CT molecular complexity index is 697. The molecule has 0 unspecified atom stereocenters. The molecule has 0 radical (unpaired) electrons. The van der Waals surface area contributed by atoms with Crippen LogP contribution in [0, 0.1) is 6.92 Å². The predicted molar refractivity (Wildman–Crippen MR) is 79.5 cm³/mol. The molecule has 2 aromatic rings. The fourth-order valence-corrected chi connectivity index (χ4v) is 2.40. The summed E-state index contributed by atoms with van der Waals surface area (Å²) in [5.74, 6) is 0.716. The molecule has 0 bridgehead atoms. The summed E-state index contributed by atoms with van der Waals surface area (Å²) in [6.07, 6.45) is 1.19. The molecule has 6 heteroatoms. The zero-order valence-corrected chi connectivity index (χ0v) is 12.9. The van der Waals surface area contributed by atoms with Crippen molar-refractivity contribution in [2.45, 2.75) is 11.8 Å². The van der Waals surface area contributed by atoms with Gasteiger partial charge < -0.3 is 5.32 Å². The summed E-state index contributed by atoms with van der Waals surface area (Å²) in [6.45, 7) is 1.90. The van der Waals surface area contributed by atoms with Crippen molar-refractivity contribution >= 4 is 37.3 Å². The van der Waals surface area contributed by atoms with Gasteiger partial charge in [-0.3, -0.25) is 0 Å². The summed E-state index contributed by atoms with van der Waals surface area (Å²) in [6, 6.07) is 10.3. The third-order valence-corrected chi connectivity index (χ3v) is 4.54. The Balaban J connectivity index is 2.22. The van der Waals surface area contributed by atoms with E-state index in [0.29, 0.717) is 10.7 Å². The third-order valence-electron chi connectivity index (χ3n) is 2.58. The minimum absolute atomic E-state index is 0.304. The Morgan fingerprint density at radius 1 is 1.11 bits per heavy atom. The van der Waals surface area contributed by atoms with Gasteiger partial charge in [0.05, 0.1) is 10.6 Å². The van der Waals surface area contributed by atoms with Crippen LogP contribution in [0.3, 0.4) is 0 Å². The topological polar surface area (TPSA) is 59.1 Å². The molecule has 0 saturated heterocycles. The van der Waals surface area contributed by atoms with Gasteiger partial charge in [-0.05, 0) is 59.3 Å². The minimum Gasteiger partial charge on any atom is -0.340 e. The number of halogens is 1. The molecular formula is C13H13BrN2O2S. The number of hydrogen-bond donors (Lipinski definition) is 1. The smallest absolute Gasteiger partial charge is 0.175 e. The number of rotatable bonds is 3. The van der Waals surface area contributed by atoms with Gasteiger partial charge >= 0.3 is 0 Å². The summed E-state index contributed by atoms with van der Waals surface area (Å²) in [7, 11) is -3.15. The minimum atomic E-state index is -3.15. The summed E-state index contributed by atoms with van der Waals surface area (Å²) in [4.78, 5) is 4.67. The van der Waals surface area contributed by atoms with Crippen LogP contribution in [0.2, 0.25) is 0 Å². The highest BCUT2D eigenvalue weighted by molar-refractivity contribution is 9.10. The maximum absolute atomic E-state index is 11.3. The molecule has 0 fully saturated rings. The summed E-state index contributed by atoms with van der Waals surface area (Å²) in [5, 5.41) is 3.12. The zero-order valence-electron chi connectivity index (χ0n) is 10.5. The molecule has 0 spiro atoms. The molecule has 1 aromatic carbocycles. The number of benzene rings is 1. The van der Waals surface area contributed by atoms with Crippen molar-refractivity contribution in [1.82, 2.24) is 4.98 Å². The van der Waals surface area contributed by atoms with Crippen LogP contribution in [-0.2, 0) is 9.84 Å². The first-order valence-electron chi connectivity index (χ1n) is 5.56. The predicted octanol–water partition coefficient (Wildman–Crippen LogP) is 3.30. The van der Waals surface area contributed by atoms with E-state index in [1.54, 1.807) is 24.3 Å². The number of pyridine rings is 1. The van der Waals surface area contributed by atoms with Crippen LogP contribution in [0.25, 0.3) is 0 Å². The van der Waals surface area contributed by atoms with Crippen molar-refractivity contribution in [1.29, 1.82) is 0 Å². The van der Waals surface area contributed by atoms with E-state index in [-0.39, 0.29) is 0 Å². The Morgan fingerprint density at radius 2 is 1.74 bits per heavy atom. The first kappa shape index (κ1) is 14.0. The lowest BCUT2D eigenvalue weighted by atomic mass is 10.3. The maximum Gasteiger partial charge on any atom is 0.175 e. The van der Waals surface area contributed by atoms with E-state index in [0.717, 1.165) is 15.9 Å². The van der Waals surface area contributed by atoms with Crippen molar-refractivity contribution in [3.63, 3.8) is 0 Å². The van der Waals surface area contributed by atoms with Crippen molar-refractivity contribution in [3.8, 4) is 0 Å². The van der Waals surface area contributed by atoms with E-state index >= 15 is 0 Å². The second-order valence-corrected chi connectivity index (χ2v) is 7.06. The highest BCUT2D eigenvalue weighted by Gasteiger charge is 2.06. The van der Waals surface area contributed by atoms with Gasteiger partial charge in [-0.1, -0.05) is 0 Å². The van der Waals surface area contributed by atoms with Crippen molar-refractivity contribution in [2.24, 2.45) is 0 Å². The Hall–Kier alpha value is -1.40. The average Bonchev–Trinajstić information content (AvgIpc) is 2.33. The highest BCUT2D eigenvalue weighted by Crippen LogP contribution is 2.20. The number of anilines is 2. The molecule has 100 valence electrons. The Kier molecular flexibility index (Phi) is 3.91. The third kappa shape index (κ3) is 3.54. The second kappa shape index (κ2) is 5.30. The average molecular weight is 341 g/mol. The SMILES string of the molecule is Cc1nc(Nc2ccc(S(C)(=O)=O)cc2)ccc1Br. The molecule has 0 saturated carbocycles. The van der Waals surface area contributed by atoms with E-state index in [2.05, 4.69) is 26.2 Å². The number of aromatic nitrogens is 1. The van der Waals surface area contributed by atoms with E-state index in [1.165, 1.54) is 6.26 Å². The number of hydrogen-bond acceptors (Lipinski definition) is 4. The van der Waals surface area contributed by atoms with E-state index in [1.807, 2.05) is 19.1 Å². The normalized spacial score (nSPS) is 11.3. The van der Waals surface area contributed by atoms with Crippen LogP contribution in [0.4, 0.5) is 11.5 Å². The molecule has 0 atom stereocenters. The van der Waals surface area contributed by atoms with E-state index in [9.17, 15) is 8.42 Å². The lowest BCUT2D eigenvalue weighted by molar-refractivity contribution is 0.602. The molecule has 1 N–H and O–H groups in total. The lowest BCUT2D eigenvalue weighted by Gasteiger charge is -2.07. The van der Waals surface area contributed by atoms with Gasteiger partial charge in [-0.15, -0.1) is 0 Å². The molecule has 0 aliphatic carbocycles. The first-order chi connectivity index (χ1) is 8.86. The monoisotopic (exact) mass is 340 g/mol. The molecule has 2 rings (SSSR count). The summed E-state index contributed by atoms with van der Waals surface area (Å²) in [5.41, 5.74) is 1.68. The molecule has 1 heterocycles. The largest absolute Gasteiger partial charge is 0.340 e. The highest BCUT2D eigenvalue weighted by atomic mass is 79.9. The standard InChI is InChI=1S/C13H13BrN2O2S/c1-9-12(14)7-8-13(15-9)16-10-3-5-11(6-4-10)19(2,17)18/h3-8H,1-2H3,(H,15,16). The van der Waals surface area contributed by atoms with Gasteiger partial charge in [-0.2, -0.15) is 0 Å². The molecule has 0 amide bonds. The molecule has 4 nitrogen and oxygen atoms in total. The van der Waals surface area contributed by atoms with Gasteiger partial charge in [0.1, 0.15) is 5.82 Å². The molecule has 19 heavy (non-hydrogen) atoms. The number of sulfone groups is 1. The number of aryl methyl sites for hydroxylation is 1. The quantitative estimate of drug-likeness (QED) is 0.931. The van der Waals surface area contributed by atoms with Crippen LogP contribution < -0.4 is 5.32 Å². The van der Waals surface area contributed by atoms with Crippen molar-refractivity contribution in [2.75, 3.05) is 11.6 Å². The van der Waals surface area contributed by atoms with Gasteiger partial charge in [0.15, 0.2) is 9.84 Å². The maximum atomic E-state index is 11.3. The fraction of sp³-hybridized carbons (Fsp3) is 0.154. The first-order valence-corrected chi connectivity index (χ1v) is 8.25. The van der Waals surface area contributed by atoms with Crippen LogP contribution in [0.5, 0.6) is 0 Å². The van der Waals surface area contributed by atoms with Crippen LogP contribution >= 0.6 is 15.9 Å². The molecule has 0 aliphatic heterocycles. The molecule has 0 aliphatic rings. The van der Waals surface area contributed by atoms with Crippen LogP contribution in [0.1, 0.15) is 5.69 Å². The van der Waals surface area contributed by atoms with Crippen molar-refractivity contribution in [3.05, 3.63) is 46.6 Å². The van der Waals surface area contributed by atoms with Crippen LogP contribution in [0.15, 0.2) is 45.8 Å². The second-order valence-electron chi connectivity index (χ2n) is 4.19.